The second kappa shape index (κ2) is 6.24. The van der Waals surface area contributed by atoms with Crippen molar-refractivity contribution in [3.05, 3.63) is 0 Å². The third-order valence-electron chi connectivity index (χ3n) is 1.71. The molecule has 0 aromatic rings. The monoisotopic (exact) mass is 265 g/mol. The Labute approximate surface area is 79.7 Å². The summed E-state index contributed by atoms with van der Waals surface area (Å²) in [5, 5.41) is 0. The van der Waals surface area contributed by atoms with Gasteiger partial charge in [-0.15, -0.1) is 0 Å². The molecule has 0 spiro atoms. The number of rotatable bonds is 5. The molecule has 0 aliphatic carbocycles. The van der Waals surface area contributed by atoms with Crippen molar-refractivity contribution in [3.8, 4) is 0 Å². The van der Waals surface area contributed by atoms with E-state index in [4.69, 9.17) is 4.74 Å². The van der Waals surface area contributed by atoms with Crippen LogP contribution in [0.25, 0.3) is 0 Å². The van der Waals surface area contributed by atoms with E-state index in [1.807, 2.05) is 0 Å². The Balaban J connectivity index is 1.86. The number of hydrogen-bond donors (Lipinski definition) is 1. The van der Waals surface area contributed by atoms with E-state index in [1.54, 1.807) is 7.11 Å². The molecule has 1 N–H and O–H groups in total. The molecule has 1 radical (unpaired) electrons. The molecule has 0 unspecified atom stereocenters. The molecule has 0 aromatic carbocycles. The standard InChI is InChI=1S/C4H8N.C3H8NO.Sb/c1-2-4-5-3-1;1-5-3-2-4;/h1-4H2;4H,2-3H2,1H3;/q2*-1;+2. The van der Waals surface area contributed by atoms with Crippen molar-refractivity contribution >= 4 is 22.2 Å². The molecule has 1 heterocycles. The summed E-state index contributed by atoms with van der Waals surface area (Å²) in [4.78, 5) is 0. The fraction of sp³-hybridized carbons (Fsp3) is 1.00. The molecule has 0 aromatic heterocycles. The summed E-state index contributed by atoms with van der Waals surface area (Å²) in [5.74, 6) is 0. The van der Waals surface area contributed by atoms with E-state index in [2.05, 4.69) is 6.53 Å². The van der Waals surface area contributed by atoms with Gasteiger partial charge >= 0.3 is 79.6 Å². The molecule has 1 aliphatic heterocycles. The van der Waals surface area contributed by atoms with Crippen LogP contribution >= 0.6 is 0 Å². The van der Waals surface area contributed by atoms with Crippen LogP contribution in [0.5, 0.6) is 0 Å². The summed E-state index contributed by atoms with van der Waals surface area (Å²) >= 11 is -0.222. The Kier molecular flexibility index (Phi) is 5.55. The van der Waals surface area contributed by atoms with Gasteiger partial charge in [-0.1, -0.05) is 0 Å². The molecule has 3 nitrogen and oxygen atoms in total. The van der Waals surface area contributed by atoms with Crippen molar-refractivity contribution in [2.45, 2.75) is 12.8 Å². The van der Waals surface area contributed by atoms with Gasteiger partial charge < -0.3 is 0 Å². The van der Waals surface area contributed by atoms with Crippen LogP contribution in [0.3, 0.4) is 0 Å². The Morgan fingerprint density at radius 3 is 2.82 bits per heavy atom. The van der Waals surface area contributed by atoms with Crippen LogP contribution in [0.1, 0.15) is 12.8 Å². The average Bonchev–Trinajstić information content (AvgIpc) is 2.50. The fourth-order valence-corrected chi connectivity index (χ4v) is 3.59. The average molecular weight is 266 g/mol. The summed E-state index contributed by atoms with van der Waals surface area (Å²) in [5.41, 5.74) is 0. The first-order valence-electron chi connectivity index (χ1n) is 4.11. The maximum absolute atomic E-state index is 4.95. The van der Waals surface area contributed by atoms with E-state index in [0.717, 1.165) is 13.2 Å². The van der Waals surface area contributed by atoms with Crippen molar-refractivity contribution in [1.82, 2.24) is 6.53 Å². The Hall–Kier alpha value is 0.698. The number of hydrogen-bond acceptors (Lipinski definition) is 3. The molecule has 0 saturated carbocycles. The SMILES string of the molecule is COCC[NH][Sb][N]1CCCC1. The molecular formula is C7H16N2OSb. The Bertz CT molecular complexity index is 96.4. The van der Waals surface area contributed by atoms with Crippen molar-refractivity contribution in [3.63, 3.8) is 0 Å². The fourth-order valence-electron chi connectivity index (χ4n) is 1.10. The van der Waals surface area contributed by atoms with Gasteiger partial charge in [0.25, 0.3) is 0 Å². The number of nitrogens with one attached hydrogen (secondary N) is 1. The molecule has 1 saturated heterocycles. The van der Waals surface area contributed by atoms with Crippen molar-refractivity contribution in [1.29, 1.82) is 0 Å². The van der Waals surface area contributed by atoms with Crippen LogP contribution in [0.4, 0.5) is 0 Å². The quantitative estimate of drug-likeness (QED) is 0.553. The number of nitrogens with zero attached hydrogens (tertiary/aromatic N) is 1. The van der Waals surface area contributed by atoms with Gasteiger partial charge in [-0.2, -0.15) is 0 Å². The van der Waals surface area contributed by atoms with Gasteiger partial charge in [-0.3, -0.25) is 0 Å². The van der Waals surface area contributed by atoms with Crippen LogP contribution < -0.4 is 3.48 Å². The van der Waals surface area contributed by atoms with Crippen LogP contribution in [-0.2, 0) is 4.74 Å². The van der Waals surface area contributed by atoms with E-state index in [1.165, 1.54) is 25.9 Å². The Morgan fingerprint density at radius 1 is 1.45 bits per heavy atom. The first-order chi connectivity index (χ1) is 5.43. The molecule has 0 atom stereocenters. The zero-order valence-electron chi connectivity index (χ0n) is 7.05. The minimum atomic E-state index is -0.222. The van der Waals surface area contributed by atoms with Crippen LogP contribution in [0.15, 0.2) is 0 Å². The second-order valence-corrected chi connectivity index (χ2v) is 5.75. The predicted molar refractivity (Wildman–Crippen MR) is 46.4 cm³/mol. The van der Waals surface area contributed by atoms with E-state index >= 15 is 0 Å². The van der Waals surface area contributed by atoms with Gasteiger partial charge in [0.1, 0.15) is 0 Å². The summed E-state index contributed by atoms with van der Waals surface area (Å²) in [7, 11) is 1.75. The number of methoxy groups -OCH3 is 1. The third-order valence-corrected chi connectivity index (χ3v) is 4.70. The summed E-state index contributed by atoms with van der Waals surface area (Å²) in [6.07, 6.45) is 2.81. The molecule has 65 valence electrons. The molecule has 1 rings (SSSR count). The maximum atomic E-state index is 4.95. The van der Waals surface area contributed by atoms with E-state index in [0.29, 0.717) is 0 Å². The van der Waals surface area contributed by atoms with Crippen molar-refractivity contribution in [2.75, 3.05) is 33.4 Å². The Morgan fingerprint density at radius 2 is 2.18 bits per heavy atom. The third kappa shape index (κ3) is 4.31. The number of ether oxygens (including phenoxy) is 1. The normalized spacial score (nSPS) is 19.4. The van der Waals surface area contributed by atoms with E-state index < -0.39 is 0 Å². The molecular weight excluding hydrogens is 250 g/mol. The molecule has 1 aliphatic rings. The zero-order valence-corrected chi connectivity index (χ0v) is 9.60. The zero-order chi connectivity index (χ0) is 7.94. The van der Waals surface area contributed by atoms with Gasteiger partial charge in [-0.25, -0.2) is 0 Å². The summed E-state index contributed by atoms with van der Waals surface area (Å²) in [6, 6.07) is 0. The van der Waals surface area contributed by atoms with Crippen molar-refractivity contribution < 1.29 is 4.74 Å². The molecule has 0 bridgehead atoms. The van der Waals surface area contributed by atoms with E-state index in [9.17, 15) is 0 Å². The molecule has 4 heteroatoms. The van der Waals surface area contributed by atoms with E-state index in [-0.39, 0.29) is 22.2 Å². The van der Waals surface area contributed by atoms with Crippen LogP contribution in [0.2, 0.25) is 0 Å². The first kappa shape index (κ1) is 9.78. The van der Waals surface area contributed by atoms with Crippen LogP contribution in [0, 0.1) is 0 Å². The van der Waals surface area contributed by atoms with Crippen LogP contribution in [-0.4, -0.2) is 58.6 Å². The molecule has 1 fully saturated rings. The summed E-state index contributed by atoms with van der Waals surface area (Å²) < 4.78 is 11.0. The van der Waals surface area contributed by atoms with Gasteiger partial charge in [0.05, 0.1) is 0 Å². The minimum absolute atomic E-state index is 0.222. The molecule has 11 heavy (non-hydrogen) atoms. The van der Waals surface area contributed by atoms with Gasteiger partial charge in [0, 0.05) is 0 Å². The topological polar surface area (TPSA) is 24.5 Å². The molecule has 0 amide bonds. The first-order valence-corrected chi connectivity index (χ1v) is 6.52. The summed E-state index contributed by atoms with van der Waals surface area (Å²) in [6.45, 7) is 4.54. The van der Waals surface area contributed by atoms with Gasteiger partial charge in [0.15, 0.2) is 0 Å². The van der Waals surface area contributed by atoms with Gasteiger partial charge in [-0.05, 0) is 0 Å². The van der Waals surface area contributed by atoms with Crippen molar-refractivity contribution in [2.24, 2.45) is 0 Å². The van der Waals surface area contributed by atoms with Gasteiger partial charge in [0.2, 0.25) is 0 Å². The predicted octanol–water partition coefficient (Wildman–Crippen LogP) is -0.148. The second-order valence-electron chi connectivity index (χ2n) is 2.66.